The smallest absolute Gasteiger partial charge is 0.176 e. The van der Waals surface area contributed by atoms with E-state index in [0.717, 1.165) is 11.3 Å². The number of anilines is 1. The Hall–Kier alpha value is -3.77. The van der Waals surface area contributed by atoms with E-state index >= 15 is 0 Å². The van der Waals surface area contributed by atoms with Gasteiger partial charge < -0.3 is 14.4 Å². The van der Waals surface area contributed by atoms with Gasteiger partial charge in [-0.3, -0.25) is 4.79 Å². The summed E-state index contributed by atoms with van der Waals surface area (Å²) in [5.74, 6) is 0.307. The van der Waals surface area contributed by atoms with Gasteiger partial charge in [-0.1, -0.05) is 57.2 Å². The minimum atomic E-state index is -1.50. The third-order valence-corrected chi connectivity index (χ3v) is 6.70. The van der Waals surface area contributed by atoms with Gasteiger partial charge >= 0.3 is 0 Å². The number of ether oxygens (including phenoxy) is 2. The molecule has 1 fully saturated rings. The van der Waals surface area contributed by atoms with Crippen LogP contribution in [0.25, 0.3) is 6.08 Å². The molecule has 6 nitrogen and oxygen atoms in total. The predicted octanol–water partition coefficient (Wildman–Crippen LogP) is 4.72. The number of ketones is 1. The summed E-state index contributed by atoms with van der Waals surface area (Å²) >= 11 is 0. The number of Topliss-reactive ketones (excluding diaryl/α,β-unsaturated/α-hetero) is 1. The Bertz CT molecular complexity index is 1200. The van der Waals surface area contributed by atoms with Crippen LogP contribution in [0.1, 0.15) is 37.8 Å². The molecule has 0 N–H and O–H groups in total. The Labute approximate surface area is 194 Å². The van der Waals surface area contributed by atoms with E-state index in [0.29, 0.717) is 17.1 Å². The summed E-state index contributed by atoms with van der Waals surface area (Å²) in [5, 5.41) is 21.0. The number of nitriles is 2. The molecule has 2 aliphatic heterocycles. The molecule has 0 bridgehead atoms. The molecule has 6 heteroatoms. The lowest BCUT2D eigenvalue weighted by Gasteiger charge is -2.37. The highest BCUT2D eigenvalue weighted by atomic mass is 16.5. The van der Waals surface area contributed by atoms with Crippen LogP contribution < -0.4 is 14.4 Å². The fourth-order valence-electron chi connectivity index (χ4n) is 5.10. The van der Waals surface area contributed by atoms with Crippen molar-refractivity contribution in [3.8, 4) is 23.6 Å². The number of rotatable bonds is 4. The van der Waals surface area contributed by atoms with Gasteiger partial charge in [0.2, 0.25) is 0 Å². The molecular weight excluding hydrogens is 414 g/mol. The lowest BCUT2D eigenvalue weighted by atomic mass is 9.67. The first-order chi connectivity index (χ1) is 15.7. The van der Waals surface area contributed by atoms with Gasteiger partial charge in [0.1, 0.15) is 11.5 Å². The van der Waals surface area contributed by atoms with Gasteiger partial charge in [0.15, 0.2) is 11.2 Å². The molecule has 33 heavy (non-hydrogen) atoms. The van der Waals surface area contributed by atoms with Crippen molar-refractivity contribution in [2.45, 2.75) is 38.8 Å². The second kappa shape index (κ2) is 7.98. The standard InChI is InChI=1S/C27H27N3O3/c1-26(2,3)25(31)24-23(19-12-11-18(32-4)14-21(19)33-5)27(15-28,16-29)22-13-10-17-8-6-7-9-20(17)30(22)24/h6-14,22-24H,1-5H3/t22-,23-,24+/m1/s1. The lowest BCUT2D eigenvalue weighted by molar-refractivity contribution is -0.127. The summed E-state index contributed by atoms with van der Waals surface area (Å²) in [7, 11) is 3.10. The number of para-hydroxylation sites is 1. The number of methoxy groups -OCH3 is 2. The fourth-order valence-corrected chi connectivity index (χ4v) is 5.10. The van der Waals surface area contributed by atoms with Gasteiger partial charge in [-0.25, -0.2) is 0 Å². The van der Waals surface area contributed by atoms with Crippen LogP contribution in [-0.4, -0.2) is 32.1 Å². The van der Waals surface area contributed by atoms with E-state index in [1.54, 1.807) is 19.2 Å². The molecule has 2 aromatic rings. The molecule has 0 radical (unpaired) electrons. The molecule has 0 aromatic heterocycles. The van der Waals surface area contributed by atoms with Gasteiger partial charge in [-0.05, 0) is 17.7 Å². The van der Waals surface area contributed by atoms with Gasteiger partial charge in [0.25, 0.3) is 0 Å². The molecule has 3 atom stereocenters. The van der Waals surface area contributed by atoms with Gasteiger partial charge in [-0.15, -0.1) is 0 Å². The van der Waals surface area contributed by atoms with Crippen LogP contribution in [0.4, 0.5) is 5.69 Å². The van der Waals surface area contributed by atoms with Crippen molar-refractivity contribution in [1.29, 1.82) is 10.5 Å². The highest BCUT2D eigenvalue weighted by Crippen LogP contribution is 2.57. The molecule has 2 aromatic carbocycles. The number of carbonyl (C=O) groups excluding carboxylic acids is 1. The van der Waals surface area contributed by atoms with Crippen LogP contribution >= 0.6 is 0 Å². The molecule has 1 saturated heterocycles. The number of carbonyl (C=O) groups is 1. The van der Waals surface area contributed by atoms with Gasteiger partial charge in [-0.2, -0.15) is 10.5 Å². The molecule has 0 spiro atoms. The molecule has 0 aliphatic carbocycles. The molecule has 2 heterocycles. The van der Waals surface area contributed by atoms with E-state index in [2.05, 4.69) is 12.1 Å². The van der Waals surface area contributed by atoms with Crippen molar-refractivity contribution in [3.63, 3.8) is 0 Å². The zero-order chi connectivity index (χ0) is 24.0. The summed E-state index contributed by atoms with van der Waals surface area (Å²) in [6, 6.07) is 16.4. The van der Waals surface area contributed by atoms with Gasteiger partial charge in [0, 0.05) is 28.7 Å². The second-order valence-electron chi connectivity index (χ2n) is 9.51. The number of benzene rings is 2. The third kappa shape index (κ3) is 3.26. The maximum Gasteiger partial charge on any atom is 0.176 e. The van der Waals surface area contributed by atoms with Crippen LogP contribution in [0.5, 0.6) is 11.5 Å². The summed E-state index contributed by atoms with van der Waals surface area (Å²) in [6.45, 7) is 5.62. The monoisotopic (exact) mass is 441 g/mol. The van der Waals surface area contributed by atoms with Crippen LogP contribution in [0.2, 0.25) is 0 Å². The first-order valence-corrected chi connectivity index (χ1v) is 10.9. The minimum Gasteiger partial charge on any atom is -0.497 e. The second-order valence-corrected chi connectivity index (χ2v) is 9.51. The quantitative estimate of drug-likeness (QED) is 0.682. The van der Waals surface area contributed by atoms with Crippen molar-refractivity contribution >= 4 is 17.5 Å². The van der Waals surface area contributed by atoms with Crippen LogP contribution in [0, 0.1) is 33.5 Å². The Balaban J connectivity index is 2.05. The predicted molar refractivity (Wildman–Crippen MR) is 126 cm³/mol. The first-order valence-electron chi connectivity index (χ1n) is 10.9. The van der Waals surface area contributed by atoms with Crippen LogP contribution in [0.3, 0.4) is 0 Å². The number of hydrogen-bond acceptors (Lipinski definition) is 6. The van der Waals surface area contributed by atoms with E-state index < -0.39 is 28.8 Å². The molecule has 0 amide bonds. The van der Waals surface area contributed by atoms with Crippen molar-refractivity contribution in [2.24, 2.45) is 10.8 Å². The first kappa shape index (κ1) is 22.4. The van der Waals surface area contributed by atoms with E-state index in [1.165, 1.54) is 7.11 Å². The van der Waals surface area contributed by atoms with Crippen molar-refractivity contribution in [3.05, 3.63) is 59.7 Å². The molecular formula is C27H27N3O3. The Kier molecular flexibility index (Phi) is 5.42. The normalized spacial score (nSPS) is 22.5. The maximum absolute atomic E-state index is 14.0. The largest absolute Gasteiger partial charge is 0.497 e. The molecule has 168 valence electrons. The summed E-state index contributed by atoms with van der Waals surface area (Å²) < 4.78 is 11.0. The van der Waals surface area contributed by atoms with Crippen molar-refractivity contribution in [1.82, 2.24) is 0 Å². The summed E-state index contributed by atoms with van der Waals surface area (Å²) in [4.78, 5) is 16.0. The highest BCUT2D eigenvalue weighted by Gasteiger charge is 2.64. The average Bonchev–Trinajstić information content (AvgIpc) is 3.13. The number of fused-ring (bicyclic) bond motifs is 3. The summed E-state index contributed by atoms with van der Waals surface area (Å²) in [6.07, 6.45) is 3.82. The van der Waals surface area contributed by atoms with E-state index in [4.69, 9.17) is 9.47 Å². The maximum atomic E-state index is 14.0. The SMILES string of the molecule is COc1ccc([C@@H]2[C@@H](C(=O)C(C)(C)C)N3c4ccccc4C=C[C@@H]3C2(C#N)C#N)c(OC)c1. The van der Waals surface area contributed by atoms with E-state index in [-0.39, 0.29) is 5.78 Å². The molecule has 0 saturated carbocycles. The summed E-state index contributed by atoms with van der Waals surface area (Å²) in [5.41, 5.74) is 0.246. The Morgan fingerprint density at radius 2 is 1.76 bits per heavy atom. The lowest BCUT2D eigenvalue weighted by Crippen LogP contribution is -2.47. The topological polar surface area (TPSA) is 86.4 Å². The van der Waals surface area contributed by atoms with Crippen molar-refractivity contribution < 1.29 is 14.3 Å². The zero-order valence-electron chi connectivity index (χ0n) is 19.5. The molecule has 2 aliphatic rings. The van der Waals surface area contributed by atoms with Crippen molar-refractivity contribution in [2.75, 3.05) is 19.1 Å². The minimum absolute atomic E-state index is 0.0344. The third-order valence-electron chi connectivity index (χ3n) is 6.70. The van der Waals surface area contributed by atoms with Crippen LogP contribution in [-0.2, 0) is 4.79 Å². The Morgan fingerprint density at radius 3 is 2.36 bits per heavy atom. The molecule has 4 rings (SSSR count). The highest BCUT2D eigenvalue weighted by molar-refractivity contribution is 5.96. The average molecular weight is 442 g/mol. The zero-order valence-corrected chi connectivity index (χ0v) is 19.5. The number of hydrogen-bond donors (Lipinski definition) is 0. The number of nitrogens with zero attached hydrogens (tertiary/aromatic N) is 3. The van der Waals surface area contributed by atoms with Crippen LogP contribution in [0.15, 0.2) is 48.5 Å². The fraction of sp³-hybridized carbons (Fsp3) is 0.370. The van der Waals surface area contributed by atoms with E-state index in [1.807, 2.05) is 68.2 Å². The van der Waals surface area contributed by atoms with Gasteiger partial charge in [0.05, 0.1) is 38.4 Å². The van der Waals surface area contributed by atoms with E-state index in [9.17, 15) is 15.3 Å². The molecule has 0 unspecified atom stereocenters. The Morgan fingerprint density at radius 1 is 1.06 bits per heavy atom.